The molecule has 0 unspecified atom stereocenters. The molecule has 0 radical (unpaired) electrons. The average Bonchev–Trinajstić information content (AvgIpc) is 3.03. The smallest absolute Gasteiger partial charge is 0.227 e. The number of benzene rings is 1. The maximum Gasteiger partial charge on any atom is 0.227 e. The Balaban J connectivity index is 1.35. The van der Waals surface area contributed by atoms with Gasteiger partial charge in [-0.25, -0.2) is 4.39 Å². The number of amides is 1. The summed E-state index contributed by atoms with van der Waals surface area (Å²) < 4.78 is 18.5. The van der Waals surface area contributed by atoms with Crippen LogP contribution in [0.3, 0.4) is 0 Å². The summed E-state index contributed by atoms with van der Waals surface area (Å²) in [5, 5.41) is 2.01. The van der Waals surface area contributed by atoms with Crippen molar-refractivity contribution in [3.8, 4) is 5.75 Å². The number of carbonyl (C=O) groups is 1. The van der Waals surface area contributed by atoms with Crippen LogP contribution in [0.2, 0.25) is 0 Å². The molecule has 140 valence electrons. The van der Waals surface area contributed by atoms with Gasteiger partial charge in [-0.2, -0.15) is 0 Å². The normalized spacial score (nSPS) is 15.7. The molecule has 1 fully saturated rings. The van der Waals surface area contributed by atoms with Crippen LogP contribution in [0.15, 0.2) is 41.8 Å². The molecule has 0 atom stereocenters. The number of thiophene rings is 1. The Morgan fingerprint density at radius 3 is 2.73 bits per heavy atom. The fourth-order valence-electron chi connectivity index (χ4n) is 3.13. The topological polar surface area (TPSA) is 32.8 Å². The van der Waals surface area contributed by atoms with Crippen molar-refractivity contribution in [1.82, 2.24) is 9.80 Å². The second-order valence-corrected chi connectivity index (χ2v) is 7.52. The van der Waals surface area contributed by atoms with Crippen LogP contribution < -0.4 is 4.74 Å². The number of carbonyl (C=O) groups excluding carboxylic acids is 1. The summed E-state index contributed by atoms with van der Waals surface area (Å²) >= 11 is 1.64. The lowest BCUT2D eigenvalue weighted by atomic mass is 10.3. The second kappa shape index (κ2) is 9.69. The van der Waals surface area contributed by atoms with Crippen LogP contribution in [0.4, 0.5) is 4.39 Å². The van der Waals surface area contributed by atoms with E-state index in [1.165, 1.54) is 12.1 Å². The van der Waals surface area contributed by atoms with Crippen molar-refractivity contribution in [3.63, 3.8) is 0 Å². The van der Waals surface area contributed by atoms with Crippen LogP contribution in [0.1, 0.15) is 17.7 Å². The fraction of sp³-hybridized carbons (Fsp3) is 0.450. The highest BCUT2D eigenvalue weighted by Gasteiger charge is 2.19. The molecular formula is C20H25FN2O2S. The van der Waals surface area contributed by atoms with Crippen molar-refractivity contribution < 1.29 is 13.9 Å². The zero-order chi connectivity index (χ0) is 18.2. The van der Waals surface area contributed by atoms with E-state index < -0.39 is 0 Å². The van der Waals surface area contributed by atoms with Crippen LogP contribution in [0, 0.1) is 5.82 Å². The van der Waals surface area contributed by atoms with Gasteiger partial charge in [0.15, 0.2) is 0 Å². The van der Waals surface area contributed by atoms with Crippen LogP contribution in [-0.2, 0) is 11.2 Å². The van der Waals surface area contributed by atoms with Gasteiger partial charge >= 0.3 is 0 Å². The largest absolute Gasteiger partial charge is 0.494 e. The first-order valence-electron chi connectivity index (χ1n) is 9.11. The second-order valence-electron chi connectivity index (χ2n) is 6.49. The van der Waals surface area contributed by atoms with Crippen molar-refractivity contribution in [2.75, 3.05) is 39.3 Å². The van der Waals surface area contributed by atoms with Gasteiger partial charge in [0.2, 0.25) is 5.91 Å². The molecule has 4 nitrogen and oxygen atoms in total. The predicted molar refractivity (Wildman–Crippen MR) is 102 cm³/mol. The molecule has 0 bridgehead atoms. The van der Waals surface area contributed by atoms with E-state index >= 15 is 0 Å². The van der Waals surface area contributed by atoms with Crippen LogP contribution >= 0.6 is 11.3 Å². The number of halogens is 1. The van der Waals surface area contributed by atoms with E-state index in [0.717, 1.165) is 50.4 Å². The molecule has 0 spiro atoms. The van der Waals surface area contributed by atoms with E-state index in [1.54, 1.807) is 23.5 Å². The minimum absolute atomic E-state index is 0.231. The minimum atomic E-state index is -0.250. The van der Waals surface area contributed by atoms with Gasteiger partial charge in [-0.15, -0.1) is 11.3 Å². The van der Waals surface area contributed by atoms with E-state index in [1.807, 2.05) is 22.4 Å². The Hall–Kier alpha value is -1.92. The molecule has 0 N–H and O–H groups in total. The van der Waals surface area contributed by atoms with E-state index in [9.17, 15) is 9.18 Å². The van der Waals surface area contributed by atoms with Gasteiger partial charge in [0.25, 0.3) is 0 Å². The van der Waals surface area contributed by atoms with E-state index in [0.29, 0.717) is 18.8 Å². The molecule has 6 heteroatoms. The van der Waals surface area contributed by atoms with E-state index in [4.69, 9.17) is 4.74 Å². The van der Waals surface area contributed by atoms with E-state index in [2.05, 4.69) is 4.90 Å². The summed E-state index contributed by atoms with van der Waals surface area (Å²) in [7, 11) is 0. The molecule has 1 amide bonds. The van der Waals surface area contributed by atoms with Gasteiger partial charge in [0, 0.05) is 31.1 Å². The van der Waals surface area contributed by atoms with Gasteiger partial charge in [0.1, 0.15) is 11.6 Å². The molecule has 3 rings (SSSR count). The first kappa shape index (κ1) is 18.9. The van der Waals surface area contributed by atoms with Crippen molar-refractivity contribution in [3.05, 3.63) is 52.5 Å². The van der Waals surface area contributed by atoms with Gasteiger partial charge in [0.05, 0.1) is 13.0 Å². The summed E-state index contributed by atoms with van der Waals surface area (Å²) in [5.74, 6) is 0.682. The van der Waals surface area contributed by atoms with Crippen LogP contribution in [0.5, 0.6) is 5.75 Å². The standard InChI is InChI=1S/C20H25FN2O2S/c21-17-5-7-18(8-6-17)25-14-3-10-22-9-2-11-23(13-12-22)20(24)16-19-4-1-15-26-19/h1,4-8,15H,2-3,9-14,16H2. The molecule has 1 saturated heterocycles. The third-order valence-electron chi connectivity index (χ3n) is 4.55. The van der Waals surface area contributed by atoms with Crippen molar-refractivity contribution in [2.24, 2.45) is 0 Å². The quantitative estimate of drug-likeness (QED) is 0.694. The van der Waals surface area contributed by atoms with Gasteiger partial charge < -0.3 is 14.5 Å². The highest BCUT2D eigenvalue weighted by molar-refractivity contribution is 7.10. The minimum Gasteiger partial charge on any atom is -0.494 e. The van der Waals surface area contributed by atoms with Crippen molar-refractivity contribution in [1.29, 1.82) is 0 Å². The molecule has 2 heterocycles. The molecule has 1 aromatic carbocycles. The zero-order valence-corrected chi connectivity index (χ0v) is 15.7. The lowest BCUT2D eigenvalue weighted by molar-refractivity contribution is -0.130. The summed E-state index contributed by atoms with van der Waals surface area (Å²) in [4.78, 5) is 18.0. The summed E-state index contributed by atoms with van der Waals surface area (Å²) in [5.41, 5.74) is 0. The lowest BCUT2D eigenvalue weighted by Gasteiger charge is -2.22. The highest BCUT2D eigenvalue weighted by atomic mass is 32.1. The predicted octanol–water partition coefficient (Wildman–Crippen LogP) is 3.43. The first-order valence-corrected chi connectivity index (χ1v) is 9.99. The van der Waals surface area contributed by atoms with Crippen LogP contribution in [-0.4, -0.2) is 55.0 Å². The average molecular weight is 376 g/mol. The maximum atomic E-state index is 12.9. The maximum absolute atomic E-state index is 12.9. The molecule has 1 aliphatic rings. The molecular weight excluding hydrogens is 351 g/mol. The molecule has 2 aromatic rings. The molecule has 1 aliphatic heterocycles. The van der Waals surface area contributed by atoms with Gasteiger partial charge in [-0.3, -0.25) is 4.79 Å². The summed E-state index contributed by atoms with van der Waals surface area (Å²) in [6, 6.07) is 10.1. The number of ether oxygens (including phenoxy) is 1. The third kappa shape index (κ3) is 5.81. The number of rotatable bonds is 7. The van der Waals surface area contributed by atoms with Crippen molar-refractivity contribution in [2.45, 2.75) is 19.3 Å². The molecule has 0 saturated carbocycles. The summed E-state index contributed by atoms with van der Waals surface area (Å²) in [6.07, 6.45) is 2.44. The number of nitrogens with zero attached hydrogens (tertiary/aromatic N) is 2. The molecule has 1 aromatic heterocycles. The SMILES string of the molecule is O=C(Cc1cccs1)N1CCCN(CCCOc2ccc(F)cc2)CC1. The van der Waals surface area contributed by atoms with Gasteiger partial charge in [-0.1, -0.05) is 6.07 Å². The Bertz CT molecular complexity index is 676. The lowest BCUT2D eigenvalue weighted by Crippen LogP contribution is -2.36. The Kier molecular flexibility index (Phi) is 7.03. The zero-order valence-electron chi connectivity index (χ0n) is 14.9. The van der Waals surface area contributed by atoms with Crippen LogP contribution in [0.25, 0.3) is 0 Å². The fourth-order valence-corrected chi connectivity index (χ4v) is 3.82. The Morgan fingerprint density at radius 2 is 1.96 bits per heavy atom. The summed E-state index contributed by atoms with van der Waals surface area (Å²) in [6.45, 7) is 5.12. The number of hydrogen-bond donors (Lipinski definition) is 0. The molecule has 26 heavy (non-hydrogen) atoms. The number of hydrogen-bond acceptors (Lipinski definition) is 4. The monoisotopic (exact) mass is 376 g/mol. The Morgan fingerprint density at radius 1 is 1.12 bits per heavy atom. The van der Waals surface area contributed by atoms with Gasteiger partial charge in [-0.05, 0) is 55.1 Å². The highest BCUT2D eigenvalue weighted by Crippen LogP contribution is 2.13. The van der Waals surface area contributed by atoms with E-state index in [-0.39, 0.29) is 11.7 Å². The first-order chi connectivity index (χ1) is 12.7. The Labute approximate surface area is 158 Å². The molecule has 0 aliphatic carbocycles. The van der Waals surface area contributed by atoms with Crippen molar-refractivity contribution >= 4 is 17.2 Å². The third-order valence-corrected chi connectivity index (χ3v) is 5.42.